The second-order valence-corrected chi connectivity index (χ2v) is 14.4. The van der Waals surface area contributed by atoms with E-state index >= 15 is 0 Å². The van der Waals surface area contributed by atoms with Crippen LogP contribution in [0, 0.1) is 0 Å². The molecule has 0 saturated heterocycles. The molecule has 0 spiro atoms. The molecule has 0 radical (unpaired) electrons. The van der Waals surface area contributed by atoms with Crippen molar-refractivity contribution in [2.45, 2.75) is 149 Å². The molecule has 0 aromatic rings. The summed E-state index contributed by atoms with van der Waals surface area (Å²) in [7, 11) is 0. The lowest BCUT2D eigenvalue weighted by molar-refractivity contribution is -0.167. The number of hydrogen-bond acceptors (Lipinski definition) is 6. The van der Waals surface area contributed by atoms with E-state index in [9.17, 15) is 14.4 Å². The lowest BCUT2D eigenvalue weighted by Crippen LogP contribution is -2.30. The molecule has 6 heteroatoms. The molecule has 0 aliphatic heterocycles. The highest BCUT2D eigenvalue weighted by molar-refractivity contribution is 5.71. The van der Waals surface area contributed by atoms with Gasteiger partial charge in [0.15, 0.2) is 6.10 Å². The summed E-state index contributed by atoms with van der Waals surface area (Å²) in [5, 5.41) is 0. The Labute approximate surface area is 377 Å². The van der Waals surface area contributed by atoms with Gasteiger partial charge in [0.2, 0.25) is 0 Å². The maximum absolute atomic E-state index is 12.7. The lowest BCUT2D eigenvalue weighted by atomic mass is 10.1. The number of unbranched alkanes of at least 4 members (excludes halogenated alkanes) is 8. The smallest absolute Gasteiger partial charge is 0.306 e. The predicted octanol–water partition coefficient (Wildman–Crippen LogP) is 15.2. The zero-order valence-corrected chi connectivity index (χ0v) is 38.5. The summed E-state index contributed by atoms with van der Waals surface area (Å²) in [4.78, 5) is 37.8. The number of carbonyl (C=O) groups is 3. The molecule has 0 aliphatic carbocycles. The van der Waals surface area contributed by atoms with Gasteiger partial charge in [-0.15, -0.1) is 0 Å². The molecule has 0 bridgehead atoms. The Balaban J connectivity index is 4.67. The van der Waals surface area contributed by atoms with Gasteiger partial charge < -0.3 is 14.2 Å². The van der Waals surface area contributed by atoms with Crippen molar-refractivity contribution in [2.24, 2.45) is 0 Å². The molecule has 0 fully saturated rings. The Morgan fingerprint density at radius 3 is 1.10 bits per heavy atom. The second-order valence-electron chi connectivity index (χ2n) is 14.4. The van der Waals surface area contributed by atoms with Gasteiger partial charge >= 0.3 is 17.9 Å². The van der Waals surface area contributed by atoms with E-state index in [1.807, 2.05) is 109 Å². The van der Waals surface area contributed by atoms with Crippen LogP contribution in [0.1, 0.15) is 143 Å². The topological polar surface area (TPSA) is 78.9 Å². The van der Waals surface area contributed by atoms with E-state index in [-0.39, 0.29) is 50.4 Å². The average molecular weight is 849 g/mol. The number of allylic oxidation sites excluding steroid dienone is 28. The van der Waals surface area contributed by atoms with Gasteiger partial charge in [-0.05, 0) is 89.9 Å². The van der Waals surface area contributed by atoms with Crippen LogP contribution in [0.4, 0.5) is 0 Å². The highest BCUT2D eigenvalue weighted by Crippen LogP contribution is 2.10. The van der Waals surface area contributed by atoms with Gasteiger partial charge in [0.1, 0.15) is 13.2 Å². The van der Waals surface area contributed by atoms with Crippen LogP contribution in [0.5, 0.6) is 0 Å². The van der Waals surface area contributed by atoms with Crippen LogP contribution < -0.4 is 0 Å². The molecule has 0 aromatic carbocycles. The molecule has 0 rings (SSSR count). The van der Waals surface area contributed by atoms with Gasteiger partial charge in [0, 0.05) is 19.3 Å². The Kier molecular flexibility index (Phi) is 44.4. The van der Waals surface area contributed by atoms with E-state index < -0.39 is 6.10 Å². The zero-order valence-electron chi connectivity index (χ0n) is 38.5. The van der Waals surface area contributed by atoms with Gasteiger partial charge in [-0.2, -0.15) is 0 Å². The van der Waals surface area contributed by atoms with E-state index in [2.05, 4.69) is 81.5 Å². The first-order valence-corrected chi connectivity index (χ1v) is 23.3. The van der Waals surface area contributed by atoms with Crippen molar-refractivity contribution in [3.8, 4) is 0 Å². The number of rotatable bonds is 38. The van der Waals surface area contributed by atoms with Crippen LogP contribution in [-0.2, 0) is 28.6 Å². The molecule has 62 heavy (non-hydrogen) atoms. The van der Waals surface area contributed by atoms with Crippen molar-refractivity contribution in [1.29, 1.82) is 0 Å². The van der Waals surface area contributed by atoms with Crippen molar-refractivity contribution in [2.75, 3.05) is 13.2 Å². The lowest BCUT2D eigenvalue weighted by Gasteiger charge is -2.18. The van der Waals surface area contributed by atoms with Crippen LogP contribution in [-0.4, -0.2) is 37.2 Å². The minimum atomic E-state index is -0.843. The molecule has 340 valence electrons. The summed E-state index contributed by atoms with van der Waals surface area (Å²) in [6, 6.07) is 0. The first-order valence-electron chi connectivity index (χ1n) is 23.3. The summed E-state index contributed by atoms with van der Waals surface area (Å²) in [5.74, 6) is -1.08. The fourth-order valence-electron chi connectivity index (χ4n) is 5.33. The van der Waals surface area contributed by atoms with Crippen molar-refractivity contribution < 1.29 is 28.6 Å². The average Bonchev–Trinajstić information content (AvgIpc) is 3.27. The molecule has 6 nitrogen and oxygen atoms in total. The van der Waals surface area contributed by atoms with E-state index in [1.54, 1.807) is 0 Å². The molecule has 0 aliphatic rings. The SMILES string of the molecule is CC\C=C/C=C\C=C/C=C\C=C/CCCCCC(=O)OC(COC(=O)CCCC/C=C\C/C=C\C/C=C\CC)COC(=O)CCCCC\C=C/C=C/C=C\C=C/C=C\C=C/CC. The maximum atomic E-state index is 12.7. The second kappa shape index (κ2) is 48.4. The van der Waals surface area contributed by atoms with E-state index in [4.69, 9.17) is 14.2 Å². The number of esters is 3. The van der Waals surface area contributed by atoms with E-state index in [0.717, 1.165) is 83.5 Å². The van der Waals surface area contributed by atoms with Crippen LogP contribution in [0.25, 0.3) is 0 Å². The molecule has 0 aromatic heterocycles. The Morgan fingerprint density at radius 2 is 0.661 bits per heavy atom. The van der Waals surface area contributed by atoms with Crippen molar-refractivity contribution in [3.05, 3.63) is 170 Å². The monoisotopic (exact) mass is 849 g/mol. The zero-order chi connectivity index (χ0) is 45.1. The number of hydrogen-bond donors (Lipinski definition) is 0. The Bertz CT molecular complexity index is 1530. The van der Waals surface area contributed by atoms with Crippen LogP contribution in [0.15, 0.2) is 170 Å². The van der Waals surface area contributed by atoms with Crippen LogP contribution >= 0.6 is 0 Å². The quantitative estimate of drug-likeness (QED) is 0.0202. The van der Waals surface area contributed by atoms with Crippen LogP contribution in [0.2, 0.25) is 0 Å². The van der Waals surface area contributed by atoms with Gasteiger partial charge in [0.05, 0.1) is 0 Å². The summed E-state index contributed by atoms with van der Waals surface area (Å²) >= 11 is 0. The first-order chi connectivity index (χ1) is 30.5. The summed E-state index contributed by atoms with van der Waals surface area (Å²) in [5.41, 5.74) is 0. The molecule has 0 amide bonds. The normalized spacial score (nSPS) is 13.7. The number of ether oxygens (including phenoxy) is 3. The van der Waals surface area contributed by atoms with E-state index in [1.165, 1.54) is 0 Å². The Morgan fingerprint density at radius 1 is 0.339 bits per heavy atom. The summed E-state index contributed by atoms with van der Waals surface area (Å²) in [6.07, 6.45) is 71.9. The summed E-state index contributed by atoms with van der Waals surface area (Å²) in [6.45, 7) is 6.07. The molecular weight excluding hydrogens is 769 g/mol. The number of carbonyl (C=O) groups excluding carboxylic acids is 3. The van der Waals surface area contributed by atoms with Gasteiger partial charge in [0.25, 0.3) is 0 Å². The third-order valence-corrected chi connectivity index (χ3v) is 8.74. The minimum absolute atomic E-state index is 0.140. The molecule has 1 atom stereocenters. The highest BCUT2D eigenvalue weighted by atomic mass is 16.6. The Hall–Kier alpha value is -5.23. The third-order valence-electron chi connectivity index (χ3n) is 8.74. The minimum Gasteiger partial charge on any atom is -0.462 e. The molecule has 1 unspecified atom stereocenters. The summed E-state index contributed by atoms with van der Waals surface area (Å²) < 4.78 is 16.6. The van der Waals surface area contributed by atoms with Crippen molar-refractivity contribution in [1.82, 2.24) is 0 Å². The van der Waals surface area contributed by atoms with Crippen molar-refractivity contribution in [3.63, 3.8) is 0 Å². The standard InChI is InChI=1S/C56H80O6/c1-4-7-10-13-16-19-22-25-27-28-30-31-34-37-40-43-46-49-55(58)61-52-53(51-60-54(57)48-45-42-39-36-33-24-21-18-15-12-9-6-3)62-56(59)50-47-44-41-38-35-32-29-26-23-20-17-14-11-8-5-2/h7-14,16-23,25-36,53H,4-6,15,24,37-52H2,1-3H3/b10-7-,11-8-,12-9-,16-13-,17-14-,21-18-,22-19-,23-20-,27-25-,29-26-,30-28+,34-31-,35-32-,36-33-. The van der Waals surface area contributed by atoms with Crippen LogP contribution in [0.3, 0.4) is 0 Å². The largest absolute Gasteiger partial charge is 0.462 e. The van der Waals surface area contributed by atoms with Gasteiger partial charge in [-0.25, -0.2) is 0 Å². The fourth-order valence-corrected chi connectivity index (χ4v) is 5.33. The third kappa shape index (κ3) is 45.8. The fraction of sp³-hybridized carbons (Fsp3) is 0.446. The predicted molar refractivity (Wildman–Crippen MR) is 265 cm³/mol. The first kappa shape index (κ1) is 56.8. The van der Waals surface area contributed by atoms with Gasteiger partial charge in [-0.3, -0.25) is 14.4 Å². The van der Waals surface area contributed by atoms with E-state index in [0.29, 0.717) is 19.3 Å². The maximum Gasteiger partial charge on any atom is 0.306 e. The molecule has 0 N–H and O–H groups in total. The molecule has 0 saturated carbocycles. The van der Waals surface area contributed by atoms with Crippen molar-refractivity contribution >= 4 is 17.9 Å². The highest BCUT2D eigenvalue weighted by Gasteiger charge is 2.19. The molecule has 0 heterocycles. The van der Waals surface area contributed by atoms with Gasteiger partial charge in [-0.1, -0.05) is 204 Å². The molecular formula is C56H80O6.